The van der Waals surface area contributed by atoms with Gasteiger partial charge in [-0.05, 0) is 78.6 Å². The monoisotopic (exact) mass is 1270 g/mol. The molecule has 0 bridgehead atoms. The van der Waals surface area contributed by atoms with Crippen molar-refractivity contribution in [1.29, 1.82) is 0 Å². The van der Waals surface area contributed by atoms with Gasteiger partial charge in [-0.2, -0.15) is 79.0 Å². The first kappa shape index (κ1) is 68.3. The minimum Gasteiger partial charge on any atom is -0.508 e. The molecule has 0 aliphatic carbocycles. The number of anilines is 3. The van der Waals surface area contributed by atoms with Gasteiger partial charge in [-0.15, -0.1) is 0 Å². The molecule has 3 aromatic carbocycles. The van der Waals surface area contributed by atoms with Crippen LogP contribution in [0.1, 0.15) is 57.3 Å². The summed E-state index contributed by atoms with van der Waals surface area (Å²) in [6.07, 6.45) is -23.9. The third-order valence-corrected chi connectivity index (χ3v) is 11.3. The number of alkyl halides is 18. The summed E-state index contributed by atoms with van der Waals surface area (Å²) in [4.78, 5) is 46.7. The Bertz CT molecular complexity index is 3420. The Kier molecular flexibility index (Phi) is 22.7. The zero-order chi connectivity index (χ0) is 63.3. The molecule has 0 unspecified atom stereocenters. The van der Waals surface area contributed by atoms with Crippen LogP contribution in [0.3, 0.4) is 0 Å². The van der Waals surface area contributed by atoms with Crippen LogP contribution in [0.5, 0.6) is 5.75 Å². The number of benzene rings is 3. The van der Waals surface area contributed by atoms with E-state index in [2.05, 4.69) is 30.6 Å². The summed E-state index contributed by atoms with van der Waals surface area (Å²) in [7, 11) is 0. The van der Waals surface area contributed by atoms with Crippen molar-refractivity contribution in [3.63, 3.8) is 0 Å². The first-order valence-corrected chi connectivity index (χ1v) is 23.6. The highest BCUT2D eigenvalue weighted by atomic mass is 35.5. The SMILES string of the molecule is Nc1cnc(Cl)c(C(F)(F)F)c1.O=C(CCc1ccc(C(F)(F)F)cc1)Nc1cnc(-c2cccc(O)c2)c(C(F)(F)F)c1.O=C(CCc1ccc(C(F)(F)F)cc1)Nc1cnc(Cl)c(C(F)(F)F)c1.O=[N+]([O-])c1cnc(Cl)c(C(F)(F)F)c1. The number of aryl methyl sites for hydroxylation is 2. The van der Waals surface area contributed by atoms with Gasteiger partial charge in [0.2, 0.25) is 11.8 Å². The molecule has 0 saturated carbocycles. The highest BCUT2D eigenvalue weighted by Crippen LogP contribution is 2.40. The molecular formula is C50H33Cl3F18N8O5. The quantitative estimate of drug-likeness (QED) is 0.0442. The van der Waals surface area contributed by atoms with E-state index in [1.54, 1.807) is 0 Å². The van der Waals surface area contributed by atoms with Crippen LogP contribution in [0.15, 0.2) is 122 Å². The Balaban J connectivity index is 0.000000259. The molecule has 0 radical (unpaired) electrons. The molecule has 0 fully saturated rings. The van der Waals surface area contributed by atoms with Gasteiger partial charge in [-0.3, -0.25) is 24.7 Å². The van der Waals surface area contributed by atoms with E-state index in [1.165, 1.54) is 42.5 Å². The number of carbonyl (C=O) groups is 2. The Morgan fingerprint density at radius 1 is 0.500 bits per heavy atom. The van der Waals surface area contributed by atoms with Gasteiger partial charge >= 0.3 is 37.1 Å². The van der Waals surface area contributed by atoms with E-state index >= 15 is 0 Å². The van der Waals surface area contributed by atoms with Crippen molar-refractivity contribution in [2.45, 2.75) is 62.7 Å². The van der Waals surface area contributed by atoms with Gasteiger partial charge in [0.05, 0.1) is 79.7 Å². The fraction of sp³-hybridized carbons (Fsp3) is 0.200. The molecule has 450 valence electrons. The number of aromatic nitrogens is 4. The number of nitro groups is 1. The molecular weight excluding hydrogens is 1240 g/mol. The van der Waals surface area contributed by atoms with E-state index in [0.717, 1.165) is 61.1 Å². The second-order valence-corrected chi connectivity index (χ2v) is 17.7. The van der Waals surface area contributed by atoms with Crippen LogP contribution in [-0.2, 0) is 59.5 Å². The second kappa shape index (κ2) is 27.9. The average molecular weight is 1270 g/mol. The van der Waals surface area contributed by atoms with Gasteiger partial charge in [-0.25, -0.2) is 15.0 Å². The maximum absolute atomic E-state index is 13.5. The van der Waals surface area contributed by atoms with Crippen LogP contribution < -0.4 is 16.4 Å². The predicted molar refractivity (Wildman–Crippen MR) is 267 cm³/mol. The number of nitrogens with one attached hydrogen (secondary N) is 2. The fourth-order valence-corrected chi connectivity index (χ4v) is 7.06. The lowest BCUT2D eigenvalue weighted by Crippen LogP contribution is -2.15. The van der Waals surface area contributed by atoms with Crippen molar-refractivity contribution in [3.8, 4) is 17.0 Å². The number of hydrogen-bond donors (Lipinski definition) is 4. The molecule has 4 aromatic heterocycles. The van der Waals surface area contributed by atoms with E-state index in [0.29, 0.717) is 29.5 Å². The number of phenolic OH excluding ortho intramolecular Hbond substituents is 1. The zero-order valence-electron chi connectivity index (χ0n) is 41.2. The maximum atomic E-state index is 13.5. The first-order valence-electron chi connectivity index (χ1n) is 22.5. The Morgan fingerprint density at radius 2 is 0.881 bits per heavy atom. The molecule has 0 atom stereocenters. The van der Waals surface area contributed by atoms with E-state index < -0.39 is 114 Å². The van der Waals surface area contributed by atoms with Crippen LogP contribution >= 0.6 is 34.8 Å². The largest absolute Gasteiger partial charge is 0.508 e. The average Bonchev–Trinajstić information content (AvgIpc) is 2.11. The molecule has 5 N–H and O–H groups in total. The first-order chi connectivity index (χ1) is 38.6. The lowest BCUT2D eigenvalue weighted by Gasteiger charge is -2.14. The fourth-order valence-electron chi connectivity index (χ4n) is 6.43. The van der Waals surface area contributed by atoms with Crippen molar-refractivity contribution in [2.75, 3.05) is 16.4 Å². The maximum Gasteiger partial charge on any atom is 0.419 e. The summed E-state index contributed by atoms with van der Waals surface area (Å²) in [5.74, 6) is -1.45. The number of halogens is 21. The van der Waals surface area contributed by atoms with Crippen LogP contribution in [0.25, 0.3) is 11.3 Å². The molecule has 7 rings (SSSR count). The number of nitrogens with two attached hydrogens (primary N) is 1. The molecule has 0 spiro atoms. The number of aromatic hydroxyl groups is 1. The molecule has 2 amide bonds. The summed E-state index contributed by atoms with van der Waals surface area (Å²) in [5, 5.41) is 22.1. The summed E-state index contributed by atoms with van der Waals surface area (Å²) in [6.45, 7) is 0. The van der Waals surface area contributed by atoms with Crippen molar-refractivity contribution in [2.24, 2.45) is 0 Å². The van der Waals surface area contributed by atoms with Gasteiger partial charge in [0.25, 0.3) is 5.69 Å². The smallest absolute Gasteiger partial charge is 0.419 e. The molecule has 0 aliphatic rings. The highest BCUT2D eigenvalue weighted by molar-refractivity contribution is 6.31. The normalized spacial score (nSPS) is 11.9. The number of phenols is 1. The summed E-state index contributed by atoms with van der Waals surface area (Å²) >= 11 is 15.7. The highest BCUT2D eigenvalue weighted by Gasteiger charge is 2.38. The molecule has 4 heterocycles. The van der Waals surface area contributed by atoms with Crippen LogP contribution in [0, 0.1) is 10.1 Å². The number of amides is 2. The number of pyridine rings is 4. The lowest BCUT2D eigenvalue weighted by atomic mass is 10.0. The molecule has 7 aromatic rings. The third-order valence-electron chi connectivity index (χ3n) is 10.4. The van der Waals surface area contributed by atoms with Crippen LogP contribution in [-0.4, -0.2) is 41.8 Å². The number of carbonyl (C=O) groups excluding carboxylic acids is 2. The van der Waals surface area contributed by atoms with Gasteiger partial charge in [0, 0.05) is 24.5 Å². The van der Waals surface area contributed by atoms with Crippen LogP contribution in [0.2, 0.25) is 15.5 Å². The number of nitrogen functional groups attached to an aromatic ring is 1. The van der Waals surface area contributed by atoms with Gasteiger partial charge in [0.1, 0.15) is 27.4 Å². The molecule has 0 aliphatic heterocycles. The Morgan fingerprint density at radius 3 is 1.27 bits per heavy atom. The zero-order valence-corrected chi connectivity index (χ0v) is 43.5. The minimum atomic E-state index is -4.77. The van der Waals surface area contributed by atoms with E-state index in [-0.39, 0.29) is 54.1 Å². The predicted octanol–water partition coefficient (Wildman–Crippen LogP) is 16.4. The van der Waals surface area contributed by atoms with E-state index in [9.17, 15) is 104 Å². The topological polar surface area (TPSA) is 199 Å². The summed E-state index contributed by atoms with van der Waals surface area (Å²) in [6, 6.07) is 16.2. The number of rotatable bonds is 10. The molecule has 0 saturated heterocycles. The van der Waals surface area contributed by atoms with Gasteiger partial charge < -0.3 is 21.5 Å². The van der Waals surface area contributed by atoms with E-state index in [1.807, 2.05) is 0 Å². The van der Waals surface area contributed by atoms with Crippen molar-refractivity contribution < 1.29 is 98.6 Å². The standard InChI is InChI=1S/C22H16F6N2O2.C16H11ClF6N2O.C6H2ClF3N2O2.C6H4ClF3N2/c23-21(24,25)15-7-4-13(5-8-15)6-9-19(32)30-16-11-18(22(26,27)28)20(29-12-16)14-2-1-3-17(31)10-14;17-14-12(16(21,22)23)7-11(8-24-14)25-13(26)6-3-9-1-4-10(5-2-9)15(18,19)20;7-5-4(6(8,9)10)1-3(2-11-5)12(13)14;7-5-4(6(8,9)10)1-3(11)2-12-5/h1-5,7-8,10-12,31H,6,9H2,(H,30,32);1-2,4-5,7-8H,3,6H2,(H,25,26);1-2H;1-2H,11H2. The van der Waals surface area contributed by atoms with E-state index in [4.69, 9.17) is 40.5 Å². The van der Waals surface area contributed by atoms with Crippen LogP contribution in [0.4, 0.5) is 102 Å². The molecule has 34 heteroatoms. The second-order valence-electron chi connectivity index (χ2n) is 16.6. The minimum absolute atomic E-state index is 0.0532. The molecule has 84 heavy (non-hydrogen) atoms. The van der Waals surface area contributed by atoms with Crippen molar-refractivity contribution in [1.82, 2.24) is 19.9 Å². The lowest BCUT2D eigenvalue weighted by molar-refractivity contribution is -0.385. The van der Waals surface area contributed by atoms with Gasteiger partial charge in [0.15, 0.2) is 0 Å². The van der Waals surface area contributed by atoms with Crippen molar-refractivity contribution in [3.05, 3.63) is 192 Å². The Labute approximate surface area is 474 Å². The van der Waals surface area contributed by atoms with Crippen molar-refractivity contribution >= 4 is 69.4 Å². The summed E-state index contributed by atoms with van der Waals surface area (Å²) < 4.78 is 227. The Hall–Kier alpha value is -8.19. The van der Waals surface area contributed by atoms with Gasteiger partial charge in [-0.1, -0.05) is 71.2 Å². The molecule has 13 nitrogen and oxygen atoms in total. The summed E-state index contributed by atoms with van der Waals surface area (Å²) in [5.41, 5.74) is -1.69. The number of hydrogen-bond acceptors (Lipinski definition) is 10. The third kappa shape index (κ3) is 21.2. The number of nitrogens with zero attached hydrogens (tertiary/aromatic N) is 5.